The Morgan fingerprint density at radius 3 is 1.96 bits per heavy atom. The number of anilines is 1. The van der Waals surface area contributed by atoms with E-state index in [1.54, 1.807) is 11.1 Å². The molecule has 0 amide bonds. The lowest BCUT2D eigenvalue weighted by Gasteiger charge is -2.29. The molecule has 1 fully saturated rings. The number of hydrogen-bond acceptors (Lipinski definition) is 1. The van der Waals surface area contributed by atoms with Gasteiger partial charge in [0.25, 0.3) is 0 Å². The summed E-state index contributed by atoms with van der Waals surface area (Å²) in [4.78, 5) is 0. The van der Waals surface area contributed by atoms with Gasteiger partial charge in [0.05, 0.1) is 6.04 Å². The van der Waals surface area contributed by atoms with Gasteiger partial charge in [0.15, 0.2) is 0 Å². The van der Waals surface area contributed by atoms with Crippen LogP contribution in [0.5, 0.6) is 0 Å². The van der Waals surface area contributed by atoms with Crippen molar-refractivity contribution in [3.63, 3.8) is 0 Å². The SMILES string of the molecule is c1ccc(C(Nc2cccc3c2CCC2(CC2)C3)c2ccccc2)cc1. The molecule has 2 aliphatic rings. The molecule has 1 nitrogen and oxygen atoms in total. The summed E-state index contributed by atoms with van der Waals surface area (Å²) < 4.78 is 0. The van der Waals surface area contributed by atoms with Crippen LogP contribution in [-0.4, -0.2) is 0 Å². The summed E-state index contributed by atoms with van der Waals surface area (Å²) in [5.41, 5.74) is 7.71. The Kier molecular flexibility index (Phi) is 3.81. The van der Waals surface area contributed by atoms with Crippen LogP contribution in [0.4, 0.5) is 5.69 Å². The fourth-order valence-electron chi connectivity index (χ4n) is 4.52. The second-order valence-corrected chi connectivity index (χ2v) is 8.02. The Morgan fingerprint density at radius 2 is 1.35 bits per heavy atom. The van der Waals surface area contributed by atoms with E-state index in [0.717, 1.165) is 0 Å². The van der Waals surface area contributed by atoms with Crippen LogP contribution >= 0.6 is 0 Å². The van der Waals surface area contributed by atoms with Gasteiger partial charge in [-0.2, -0.15) is 0 Å². The fraction of sp³-hybridized carbons (Fsp3) is 0.280. The minimum atomic E-state index is 0.181. The van der Waals surface area contributed by atoms with Gasteiger partial charge in [-0.1, -0.05) is 72.8 Å². The lowest BCUT2D eigenvalue weighted by atomic mass is 9.80. The second-order valence-electron chi connectivity index (χ2n) is 8.02. The number of fused-ring (bicyclic) bond motifs is 1. The van der Waals surface area contributed by atoms with Gasteiger partial charge in [0, 0.05) is 5.69 Å². The van der Waals surface area contributed by atoms with Crippen molar-refractivity contribution in [2.75, 3.05) is 5.32 Å². The molecule has 1 N–H and O–H groups in total. The third kappa shape index (κ3) is 2.92. The highest BCUT2D eigenvalue weighted by Gasteiger charge is 2.44. The molecule has 5 rings (SSSR count). The van der Waals surface area contributed by atoms with Crippen LogP contribution in [0, 0.1) is 5.41 Å². The summed E-state index contributed by atoms with van der Waals surface area (Å²) >= 11 is 0. The first-order valence-corrected chi connectivity index (χ1v) is 9.80. The molecule has 26 heavy (non-hydrogen) atoms. The monoisotopic (exact) mass is 339 g/mol. The Labute approximate surface area is 156 Å². The standard InChI is InChI=1S/C25H25N/c1-3-8-19(9-4-1)24(20-10-5-2-6-11-20)26-23-13-7-12-21-18-25(16-17-25)15-14-22(21)23/h1-13,24,26H,14-18H2. The molecule has 0 heterocycles. The minimum Gasteiger partial charge on any atom is -0.374 e. The van der Waals surface area contributed by atoms with Crippen molar-refractivity contribution < 1.29 is 0 Å². The number of nitrogens with one attached hydrogen (secondary N) is 1. The smallest absolute Gasteiger partial charge is 0.0767 e. The normalized spacial score (nSPS) is 17.1. The van der Waals surface area contributed by atoms with Crippen molar-refractivity contribution in [1.82, 2.24) is 0 Å². The first kappa shape index (κ1) is 15.7. The van der Waals surface area contributed by atoms with Gasteiger partial charge in [0.1, 0.15) is 0 Å². The van der Waals surface area contributed by atoms with Crippen LogP contribution in [0.2, 0.25) is 0 Å². The molecule has 0 saturated heterocycles. The predicted molar refractivity (Wildman–Crippen MR) is 108 cm³/mol. The van der Waals surface area contributed by atoms with E-state index in [-0.39, 0.29) is 6.04 Å². The summed E-state index contributed by atoms with van der Waals surface area (Å²) in [5.74, 6) is 0. The summed E-state index contributed by atoms with van der Waals surface area (Å²) in [6.45, 7) is 0. The maximum atomic E-state index is 3.89. The molecule has 130 valence electrons. The third-order valence-corrected chi connectivity index (χ3v) is 6.27. The molecule has 1 saturated carbocycles. The van der Waals surface area contributed by atoms with E-state index in [1.807, 2.05) is 0 Å². The van der Waals surface area contributed by atoms with Gasteiger partial charge in [0.2, 0.25) is 0 Å². The second kappa shape index (κ2) is 6.32. The molecule has 3 aromatic rings. The summed E-state index contributed by atoms with van der Waals surface area (Å²) in [5, 5.41) is 3.89. The molecular formula is C25H25N. The van der Waals surface area contributed by atoms with E-state index < -0.39 is 0 Å². The molecule has 0 unspecified atom stereocenters. The van der Waals surface area contributed by atoms with Crippen LogP contribution in [0.15, 0.2) is 78.9 Å². The van der Waals surface area contributed by atoms with E-state index in [4.69, 9.17) is 0 Å². The van der Waals surface area contributed by atoms with Gasteiger partial charge >= 0.3 is 0 Å². The van der Waals surface area contributed by atoms with Gasteiger partial charge in [-0.3, -0.25) is 0 Å². The largest absolute Gasteiger partial charge is 0.374 e. The molecule has 3 aromatic carbocycles. The summed E-state index contributed by atoms with van der Waals surface area (Å²) in [6, 6.07) is 28.6. The zero-order chi connectivity index (χ0) is 17.4. The van der Waals surface area contributed by atoms with E-state index in [1.165, 1.54) is 48.9 Å². The van der Waals surface area contributed by atoms with Crippen molar-refractivity contribution in [1.29, 1.82) is 0 Å². The molecule has 1 spiro atoms. The van der Waals surface area contributed by atoms with E-state index in [2.05, 4.69) is 84.2 Å². The summed E-state index contributed by atoms with van der Waals surface area (Å²) in [6.07, 6.45) is 6.72. The average Bonchev–Trinajstić information content (AvgIpc) is 3.45. The van der Waals surface area contributed by atoms with E-state index >= 15 is 0 Å². The zero-order valence-electron chi connectivity index (χ0n) is 15.1. The highest BCUT2D eigenvalue weighted by atomic mass is 14.9. The van der Waals surface area contributed by atoms with Crippen LogP contribution in [0.1, 0.15) is 47.6 Å². The quantitative estimate of drug-likeness (QED) is 0.600. The van der Waals surface area contributed by atoms with Crippen molar-refractivity contribution in [2.24, 2.45) is 5.41 Å². The first-order valence-electron chi connectivity index (χ1n) is 9.80. The zero-order valence-corrected chi connectivity index (χ0v) is 15.1. The first-order chi connectivity index (χ1) is 12.8. The van der Waals surface area contributed by atoms with Crippen LogP contribution in [-0.2, 0) is 12.8 Å². The molecule has 0 bridgehead atoms. The Bertz CT molecular complexity index is 854. The maximum Gasteiger partial charge on any atom is 0.0767 e. The van der Waals surface area contributed by atoms with Crippen molar-refractivity contribution >= 4 is 5.69 Å². The van der Waals surface area contributed by atoms with E-state index in [9.17, 15) is 0 Å². The predicted octanol–water partition coefficient (Wildman–Crippen LogP) is 6.16. The molecule has 0 atom stereocenters. The maximum absolute atomic E-state index is 3.89. The van der Waals surface area contributed by atoms with Crippen molar-refractivity contribution in [2.45, 2.75) is 38.1 Å². The number of hydrogen-bond donors (Lipinski definition) is 1. The molecule has 2 aliphatic carbocycles. The van der Waals surface area contributed by atoms with Crippen LogP contribution in [0.25, 0.3) is 0 Å². The average molecular weight is 339 g/mol. The Balaban J connectivity index is 1.52. The van der Waals surface area contributed by atoms with E-state index in [0.29, 0.717) is 5.41 Å². The Morgan fingerprint density at radius 1 is 0.692 bits per heavy atom. The molecule has 1 heteroatoms. The fourth-order valence-corrected chi connectivity index (χ4v) is 4.52. The molecule has 0 radical (unpaired) electrons. The minimum absolute atomic E-state index is 0.181. The van der Waals surface area contributed by atoms with Gasteiger partial charge in [-0.25, -0.2) is 0 Å². The summed E-state index contributed by atoms with van der Waals surface area (Å²) in [7, 11) is 0. The number of rotatable bonds is 4. The highest BCUT2D eigenvalue weighted by molar-refractivity contribution is 5.59. The molecular weight excluding hydrogens is 314 g/mol. The number of benzene rings is 3. The van der Waals surface area contributed by atoms with Crippen molar-refractivity contribution in [3.8, 4) is 0 Å². The van der Waals surface area contributed by atoms with Crippen LogP contribution in [0.3, 0.4) is 0 Å². The van der Waals surface area contributed by atoms with Gasteiger partial charge in [-0.05, 0) is 65.8 Å². The lowest BCUT2D eigenvalue weighted by molar-refractivity contribution is 0.438. The van der Waals surface area contributed by atoms with Crippen molar-refractivity contribution in [3.05, 3.63) is 101 Å². The third-order valence-electron chi connectivity index (χ3n) is 6.27. The molecule has 0 aromatic heterocycles. The Hall–Kier alpha value is -2.54. The highest BCUT2D eigenvalue weighted by Crippen LogP contribution is 2.55. The van der Waals surface area contributed by atoms with Crippen LogP contribution < -0.4 is 5.32 Å². The van der Waals surface area contributed by atoms with Gasteiger partial charge in [-0.15, -0.1) is 0 Å². The molecule has 0 aliphatic heterocycles. The van der Waals surface area contributed by atoms with Gasteiger partial charge < -0.3 is 5.32 Å². The lowest BCUT2D eigenvalue weighted by Crippen LogP contribution is -2.19. The topological polar surface area (TPSA) is 12.0 Å².